The molecule has 98 valence electrons. The number of nitrogens with zero attached hydrogens (tertiary/aromatic N) is 3. The van der Waals surface area contributed by atoms with Crippen LogP contribution in [0.5, 0.6) is 0 Å². The van der Waals surface area contributed by atoms with E-state index in [0.29, 0.717) is 6.54 Å². The molecule has 0 atom stereocenters. The zero-order valence-electron chi connectivity index (χ0n) is 11.4. The van der Waals surface area contributed by atoms with Gasteiger partial charge in [0.2, 0.25) is 0 Å². The van der Waals surface area contributed by atoms with Crippen LogP contribution in [0.1, 0.15) is 33.4 Å². The van der Waals surface area contributed by atoms with Gasteiger partial charge in [-0.15, -0.1) is 0 Å². The SMILES string of the molecule is CCn1cc(-c2cc(CNC(C)(C)C)no2)cn1. The number of rotatable bonds is 4. The Morgan fingerprint density at radius 3 is 2.78 bits per heavy atom. The van der Waals surface area contributed by atoms with Crippen molar-refractivity contribution in [2.75, 3.05) is 0 Å². The zero-order chi connectivity index (χ0) is 13.2. The van der Waals surface area contributed by atoms with Crippen LogP contribution in [-0.4, -0.2) is 20.5 Å². The maximum Gasteiger partial charge on any atom is 0.170 e. The lowest BCUT2D eigenvalue weighted by molar-refractivity contribution is 0.392. The fraction of sp³-hybridized carbons (Fsp3) is 0.538. The summed E-state index contributed by atoms with van der Waals surface area (Å²) in [6.07, 6.45) is 3.76. The Morgan fingerprint density at radius 1 is 1.39 bits per heavy atom. The number of aromatic nitrogens is 3. The van der Waals surface area contributed by atoms with E-state index in [1.807, 2.05) is 16.9 Å². The van der Waals surface area contributed by atoms with Gasteiger partial charge in [-0.05, 0) is 27.7 Å². The predicted molar refractivity (Wildman–Crippen MR) is 70.0 cm³/mol. The molecule has 2 aromatic rings. The summed E-state index contributed by atoms with van der Waals surface area (Å²) in [6, 6.07) is 1.95. The van der Waals surface area contributed by atoms with E-state index in [-0.39, 0.29) is 5.54 Å². The Bertz CT molecular complexity index is 507. The molecule has 0 saturated heterocycles. The fourth-order valence-electron chi connectivity index (χ4n) is 1.55. The Morgan fingerprint density at radius 2 is 2.17 bits per heavy atom. The van der Waals surface area contributed by atoms with Gasteiger partial charge in [0, 0.05) is 30.9 Å². The molecule has 2 rings (SSSR count). The molecule has 0 bridgehead atoms. The van der Waals surface area contributed by atoms with Crippen molar-refractivity contribution in [1.82, 2.24) is 20.3 Å². The van der Waals surface area contributed by atoms with Crippen molar-refractivity contribution in [1.29, 1.82) is 0 Å². The molecule has 5 nitrogen and oxygen atoms in total. The summed E-state index contributed by atoms with van der Waals surface area (Å²) < 4.78 is 7.20. The van der Waals surface area contributed by atoms with Gasteiger partial charge in [-0.3, -0.25) is 4.68 Å². The molecular formula is C13H20N4O. The molecule has 0 aliphatic heterocycles. The van der Waals surface area contributed by atoms with Gasteiger partial charge < -0.3 is 9.84 Å². The minimum Gasteiger partial charge on any atom is -0.356 e. The quantitative estimate of drug-likeness (QED) is 0.903. The number of nitrogens with one attached hydrogen (secondary N) is 1. The van der Waals surface area contributed by atoms with Crippen molar-refractivity contribution < 1.29 is 4.52 Å². The summed E-state index contributed by atoms with van der Waals surface area (Å²) in [5.41, 5.74) is 1.95. The lowest BCUT2D eigenvalue weighted by atomic mass is 10.1. The first kappa shape index (κ1) is 12.8. The number of hydrogen-bond donors (Lipinski definition) is 1. The third kappa shape index (κ3) is 3.20. The van der Waals surface area contributed by atoms with Gasteiger partial charge in [0.05, 0.1) is 17.5 Å². The second-order valence-corrected chi connectivity index (χ2v) is 5.37. The van der Waals surface area contributed by atoms with Gasteiger partial charge in [-0.2, -0.15) is 5.10 Å². The minimum absolute atomic E-state index is 0.0756. The smallest absolute Gasteiger partial charge is 0.170 e. The van der Waals surface area contributed by atoms with Crippen LogP contribution in [0.2, 0.25) is 0 Å². The highest BCUT2D eigenvalue weighted by atomic mass is 16.5. The van der Waals surface area contributed by atoms with Crippen molar-refractivity contribution in [3.05, 3.63) is 24.2 Å². The lowest BCUT2D eigenvalue weighted by Crippen LogP contribution is -2.35. The molecule has 0 fully saturated rings. The van der Waals surface area contributed by atoms with Gasteiger partial charge in [-0.1, -0.05) is 5.16 Å². The third-order valence-electron chi connectivity index (χ3n) is 2.60. The van der Waals surface area contributed by atoms with Crippen molar-refractivity contribution in [3.8, 4) is 11.3 Å². The van der Waals surface area contributed by atoms with E-state index in [4.69, 9.17) is 4.52 Å². The summed E-state index contributed by atoms with van der Waals surface area (Å²) in [5.74, 6) is 0.764. The summed E-state index contributed by atoms with van der Waals surface area (Å²) in [6.45, 7) is 9.98. The average Bonchev–Trinajstić information content (AvgIpc) is 2.94. The van der Waals surface area contributed by atoms with Gasteiger partial charge in [0.15, 0.2) is 5.76 Å². The van der Waals surface area contributed by atoms with Crippen molar-refractivity contribution in [3.63, 3.8) is 0 Å². The Balaban J connectivity index is 2.06. The maximum absolute atomic E-state index is 5.33. The molecule has 0 aliphatic carbocycles. The highest BCUT2D eigenvalue weighted by molar-refractivity contribution is 5.54. The summed E-state index contributed by atoms with van der Waals surface area (Å²) in [4.78, 5) is 0. The summed E-state index contributed by atoms with van der Waals surface area (Å²) >= 11 is 0. The van der Waals surface area contributed by atoms with Crippen LogP contribution in [0, 0.1) is 0 Å². The molecule has 0 radical (unpaired) electrons. The normalized spacial score (nSPS) is 12.0. The van der Waals surface area contributed by atoms with Crippen LogP contribution in [0.15, 0.2) is 23.0 Å². The van der Waals surface area contributed by atoms with Crippen LogP contribution in [-0.2, 0) is 13.1 Å². The summed E-state index contributed by atoms with van der Waals surface area (Å²) in [7, 11) is 0. The molecule has 0 unspecified atom stereocenters. The third-order valence-corrected chi connectivity index (χ3v) is 2.60. The topological polar surface area (TPSA) is 55.9 Å². The highest BCUT2D eigenvalue weighted by Crippen LogP contribution is 2.19. The molecule has 2 aromatic heterocycles. The second kappa shape index (κ2) is 4.94. The Kier molecular flexibility index (Phi) is 3.52. The van der Waals surface area contributed by atoms with Crippen LogP contribution < -0.4 is 5.32 Å². The largest absolute Gasteiger partial charge is 0.356 e. The molecule has 2 heterocycles. The summed E-state index contributed by atoms with van der Waals surface area (Å²) in [5, 5.41) is 11.7. The molecule has 0 aliphatic rings. The standard InChI is InChI=1S/C13H20N4O/c1-5-17-9-10(7-15-17)12-6-11(16-18-12)8-14-13(2,3)4/h6-7,9,14H,5,8H2,1-4H3. The van der Waals surface area contributed by atoms with Crippen LogP contribution in [0.3, 0.4) is 0 Å². The first-order valence-electron chi connectivity index (χ1n) is 6.21. The van der Waals surface area contributed by atoms with E-state index in [2.05, 4.69) is 43.3 Å². The van der Waals surface area contributed by atoms with Crippen molar-refractivity contribution >= 4 is 0 Å². The number of hydrogen-bond acceptors (Lipinski definition) is 4. The van der Waals surface area contributed by atoms with Gasteiger partial charge in [0.25, 0.3) is 0 Å². The molecule has 0 amide bonds. The van der Waals surface area contributed by atoms with Crippen molar-refractivity contribution in [2.45, 2.75) is 46.3 Å². The van der Waals surface area contributed by atoms with E-state index in [9.17, 15) is 0 Å². The molecule has 18 heavy (non-hydrogen) atoms. The first-order valence-corrected chi connectivity index (χ1v) is 6.21. The zero-order valence-corrected chi connectivity index (χ0v) is 11.4. The average molecular weight is 248 g/mol. The van der Waals surface area contributed by atoms with Crippen LogP contribution >= 0.6 is 0 Å². The van der Waals surface area contributed by atoms with E-state index in [1.165, 1.54) is 0 Å². The minimum atomic E-state index is 0.0756. The van der Waals surface area contributed by atoms with E-state index in [0.717, 1.165) is 23.6 Å². The van der Waals surface area contributed by atoms with Gasteiger partial charge in [-0.25, -0.2) is 0 Å². The highest BCUT2D eigenvalue weighted by Gasteiger charge is 2.12. The lowest BCUT2D eigenvalue weighted by Gasteiger charge is -2.19. The Labute approximate surface area is 107 Å². The van der Waals surface area contributed by atoms with E-state index in [1.54, 1.807) is 6.20 Å². The van der Waals surface area contributed by atoms with Crippen LogP contribution in [0.4, 0.5) is 0 Å². The van der Waals surface area contributed by atoms with Crippen molar-refractivity contribution in [2.24, 2.45) is 0 Å². The predicted octanol–water partition coefficient (Wildman–Crippen LogP) is 2.45. The Hall–Kier alpha value is -1.62. The van der Waals surface area contributed by atoms with E-state index < -0.39 is 0 Å². The fourth-order valence-corrected chi connectivity index (χ4v) is 1.55. The second-order valence-electron chi connectivity index (χ2n) is 5.37. The maximum atomic E-state index is 5.33. The molecule has 0 aromatic carbocycles. The molecule has 1 N–H and O–H groups in total. The first-order chi connectivity index (χ1) is 8.48. The molecular weight excluding hydrogens is 228 g/mol. The van der Waals surface area contributed by atoms with Gasteiger partial charge in [0.1, 0.15) is 0 Å². The number of aryl methyl sites for hydroxylation is 1. The molecule has 0 saturated carbocycles. The van der Waals surface area contributed by atoms with Crippen LogP contribution in [0.25, 0.3) is 11.3 Å². The van der Waals surface area contributed by atoms with Gasteiger partial charge >= 0.3 is 0 Å². The van der Waals surface area contributed by atoms with E-state index >= 15 is 0 Å². The molecule has 0 spiro atoms. The molecule has 5 heteroatoms. The monoisotopic (exact) mass is 248 g/mol.